The second-order valence-corrected chi connectivity index (χ2v) is 9.18. The summed E-state index contributed by atoms with van der Waals surface area (Å²) in [6, 6.07) is 5.96. The molecule has 3 amide bonds. The van der Waals surface area contributed by atoms with E-state index in [9.17, 15) is 14.4 Å². The summed E-state index contributed by atoms with van der Waals surface area (Å²) < 4.78 is 0. The number of nitrogens with one attached hydrogen (secondary N) is 1. The standard InChI is InChI=1S/C24H34N4O3/c1-2-3-4-13-27(17-8-5-7-16(25)14-17)20-10-6-9-18-19(20)15-28(24(18)31)21-11-12-22(29)26-23(21)30/h6,9-10,16-17,21H,2-5,7-8,11-15,25H2,1H3,(H,26,29,30)/t16-,17+,21?/m1/s1. The third-order valence-electron chi connectivity index (χ3n) is 7.00. The van der Waals surface area contributed by atoms with Gasteiger partial charge in [0.25, 0.3) is 5.91 Å². The number of hydrogen-bond donors (Lipinski definition) is 2. The van der Waals surface area contributed by atoms with Gasteiger partial charge in [0.05, 0.1) is 0 Å². The lowest BCUT2D eigenvalue weighted by Crippen LogP contribution is -2.52. The van der Waals surface area contributed by atoms with Gasteiger partial charge in [-0.15, -0.1) is 0 Å². The number of nitrogens with zero attached hydrogens (tertiary/aromatic N) is 2. The number of carbonyl (C=O) groups excluding carboxylic acids is 3. The predicted molar refractivity (Wildman–Crippen MR) is 120 cm³/mol. The lowest BCUT2D eigenvalue weighted by Gasteiger charge is -2.39. The van der Waals surface area contributed by atoms with Crippen molar-refractivity contribution in [2.45, 2.75) is 89.4 Å². The van der Waals surface area contributed by atoms with Crippen LogP contribution in [0, 0.1) is 0 Å². The third-order valence-corrected chi connectivity index (χ3v) is 7.00. The van der Waals surface area contributed by atoms with Crippen LogP contribution in [-0.2, 0) is 16.1 Å². The maximum Gasteiger partial charge on any atom is 0.255 e. The summed E-state index contributed by atoms with van der Waals surface area (Å²) in [6.45, 7) is 3.57. The quantitative estimate of drug-likeness (QED) is 0.516. The van der Waals surface area contributed by atoms with E-state index in [4.69, 9.17) is 5.73 Å². The summed E-state index contributed by atoms with van der Waals surface area (Å²) in [5.41, 5.74) is 9.11. The zero-order valence-electron chi connectivity index (χ0n) is 18.4. The highest BCUT2D eigenvalue weighted by molar-refractivity contribution is 6.06. The minimum atomic E-state index is -0.581. The highest BCUT2D eigenvalue weighted by atomic mass is 16.2. The molecule has 2 aliphatic heterocycles. The Morgan fingerprint density at radius 1 is 1.16 bits per heavy atom. The monoisotopic (exact) mass is 426 g/mol. The van der Waals surface area contributed by atoms with Crippen LogP contribution >= 0.6 is 0 Å². The van der Waals surface area contributed by atoms with Crippen molar-refractivity contribution in [2.75, 3.05) is 11.4 Å². The lowest BCUT2D eigenvalue weighted by atomic mass is 9.89. The molecule has 0 spiro atoms. The second kappa shape index (κ2) is 9.39. The summed E-state index contributed by atoms with van der Waals surface area (Å²) in [5, 5.41) is 2.39. The molecule has 3 aliphatic rings. The van der Waals surface area contributed by atoms with Gasteiger partial charge in [0.2, 0.25) is 11.8 Å². The summed E-state index contributed by atoms with van der Waals surface area (Å²) in [7, 11) is 0. The van der Waals surface area contributed by atoms with Crippen molar-refractivity contribution in [2.24, 2.45) is 5.73 Å². The molecule has 4 rings (SSSR count). The average Bonchev–Trinajstić information content (AvgIpc) is 3.08. The van der Waals surface area contributed by atoms with Crippen LogP contribution < -0.4 is 16.0 Å². The van der Waals surface area contributed by atoms with Crippen molar-refractivity contribution < 1.29 is 14.4 Å². The van der Waals surface area contributed by atoms with Crippen molar-refractivity contribution in [3.8, 4) is 0 Å². The van der Waals surface area contributed by atoms with E-state index in [2.05, 4.69) is 23.2 Å². The van der Waals surface area contributed by atoms with E-state index < -0.39 is 6.04 Å². The second-order valence-electron chi connectivity index (χ2n) is 9.18. The molecular weight excluding hydrogens is 392 g/mol. The first-order valence-corrected chi connectivity index (χ1v) is 11.8. The van der Waals surface area contributed by atoms with Crippen molar-refractivity contribution in [3.63, 3.8) is 0 Å². The van der Waals surface area contributed by atoms with E-state index in [1.807, 2.05) is 12.1 Å². The van der Waals surface area contributed by atoms with Crippen LogP contribution in [0.3, 0.4) is 0 Å². The van der Waals surface area contributed by atoms with Gasteiger partial charge in [-0.1, -0.05) is 25.8 Å². The number of carbonyl (C=O) groups is 3. The predicted octanol–water partition coefficient (Wildman–Crippen LogP) is 2.71. The molecular formula is C24H34N4O3. The normalized spacial score (nSPS) is 26.1. The molecule has 1 saturated heterocycles. The zero-order chi connectivity index (χ0) is 22.0. The maximum absolute atomic E-state index is 13.2. The van der Waals surface area contributed by atoms with E-state index in [1.165, 1.54) is 6.42 Å². The van der Waals surface area contributed by atoms with Gasteiger partial charge in [-0.3, -0.25) is 19.7 Å². The Morgan fingerprint density at radius 2 is 2.00 bits per heavy atom. The Balaban J connectivity index is 1.62. The van der Waals surface area contributed by atoms with Crippen molar-refractivity contribution in [1.82, 2.24) is 10.2 Å². The van der Waals surface area contributed by atoms with Crippen LogP contribution in [0.4, 0.5) is 5.69 Å². The lowest BCUT2D eigenvalue weighted by molar-refractivity contribution is -0.136. The average molecular weight is 427 g/mol. The van der Waals surface area contributed by atoms with Gasteiger partial charge in [0.15, 0.2) is 0 Å². The van der Waals surface area contributed by atoms with Crippen molar-refractivity contribution in [3.05, 3.63) is 29.3 Å². The molecule has 3 N–H and O–H groups in total. The SMILES string of the molecule is CCCCCN(c1cccc2c1CN(C1CCC(=O)NC1=O)C2=O)[C@H]1CCC[C@@H](N)C1. The molecule has 7 heteroatoms. The van der Waals surface area contributed by atoms with Crippen LogP contribution in [0.5, 0.6) is 0 Å². The number of hydrogen-bond acceptors (Lipinski definition) is 5. The molecule has 1 unspecified atom stereocenters. The van der Waals surface area contributed by atoms with Crippen LogP contribution in [0.15, 0.2) is 18.2 Å². The van der Waals surface area contributed by atoms with Crippen LogP contribution in [0.1, 0.15) is 80.6 Å². The molecule has 0 bridgehead atoms. The molecule has 7 nitrogen and oxygen atoms in total. The molecule has 1 saturated carbocycles. The smallest absolute Gasteiger partial charge is 0.255 e. The molecule has 168 valence electrons. The van der Waals surface area contributed by atoms with Gasteiger partial charge >= 0.3 is 0 Å². The summed E-state index contributed by atoms with van der Waals surface area (Å²) in [6.07, 6.45) is 8.40. The Morgan fingerprint density at radius 3 is 2.74 bits per heavy atom. The fourth-order valence-electron chi connectivity index (χ4n) is 5.35. The van der Waals surface area contributed by atoms with Gasteiger partial charge < -0.3 is 15.5 Å². The first kappa shape index (κ1) is 21.8. The van der Waals surface area contributed by atoms with E-state index in [1.54, 1.807) is 4.90 Å². The minimum Gasteiger partial charge on any atom is -0.368 e. The number of imide groups is 1. The number of nitrogens with two attached hydrogens (primary N) is 1. The van der Waals surface area contributed by atoms with Crippen LogP contribution in [-0.4, -0.2) is 47.3 Å². The fourth-order valence-corrected chi connectivity index (χ4v) is 5.35. The number of anilines is 1. The number of rotatable bonds is 7. The zero-order valence-corrected chi connectivity index (χ0v) is 18.4. The molecule has 0 radical (unpaired) electrons. The van der Waals surface area contributed by atoms with E-state index >= 15 is 0 Å². The Kier molecular flexibility index (Phi) is 6.60. The van der Waals surface area contributed by atoms with Gasteiger partial charge in [-0.05, 0) is 50.7 Å². The number of amides is 3. The summed E-state index contributed by atoms with van der Waals surface area (Å²) >= 11 is 0. The largest absolute Gasteiger partial charge is 0.368 e. The molecule has 1 aromatic rings. The van der Waals surface area contributed by atoms with Crippen LogP contribution in [0.2, 0.25) is 0 Å². The number of unbranched alkanes of at least 4 members (excludes halogenated alkanes) is 2. The van der Waals surface area contributed by atoms with E-state index in [-0.39, 0.29) is 30.2 Å². The third kappa shape index (κ3) is 4.47. The molecule has 2 heterocycles. The molecule has 31 heavy (non-hydrogen) atoms. The summed E-state index contributed by atoms with van der Waals surface area (Å²) in [4.78, 5) is 41.3. The highest BCUT2D eigenvalue weighted by Gasteiger charge is 2.40. The Labute approximate surface area is 184 Å². The van der Waals surface area contributed by atoms with Crippen molar-refractivity contribution >= 4 is 23.4 Å². The molecule has 2 fully saturated rings. The number of fused-ring (bicyclic) bond motifs is 1. The van der Waals surface area contributed by atoms with Crippen molar-refractivity contribution in [1.29, 1.82) is 0 Å². The first-order chi connectivity index (χ1) is 15.0. The molecule has 3 atom stereocenters. The fraction of sp³-hybridized carbons (Fsp3) is 0.625. The highest BCUT2D eigenvalue weighted by Crippen LogP contribution is 2.37. The van der Waals surface area contributed by atoms with Gasteiger partial charge in [-0.25, -0.2) is 0 Å². The maximum atomic E-state index is 13.2. The van der Waals surface area contributed by atoms with Gasteiger partial charge in [0.1, 0.15) is 6.04 Å². The first-order valence-electron chi connectivity index (χ1n) is 11.8. The number of piperidine rings is 1. The van der Waals surface area contributed by atoms with E-state index in [0.717, 1.165) is 56.3 Å². The summed E-state index contributed by atoms with van der Waals surface area (Å²) in [5.74, 6) is -0.737. The van der Waals surface area contributed by atoms with Gasteiger partial charge in [-0.2, -0.15) is 0 Å². The molecule has 1 aliphatic carbocycles. The Bertz CT molecular complexity index is 855. The van der Waals surface area contributed by atoms with Crippen LogP contribution in [0.25, 0.3) is 0 Å². The van der Waals surface area contributed by atoms with Gasteiger partial charge in [0, 0.05) is 48.4 Å². The Hall–Kier alpha value is -2.41. The van der Waals surface area contributed by atoms with E-state index in [0.29, 0.717) is 24.6 Å². The topological polar surface area (TPSA) is 95.7 Å². The molecule has 1 aromatic carbocycles. The molecule has 0 aromatic heterocycles. The minimum absolute atomic E-state index is 0.111. The number of benzene rings is 1.